The van der Waals surface area contributed by atoms with Crippen molar-refractivity contribution in [2.75, 3.05) is 13.1 Å². The Bertz CT molecular complexity index is 443. The third-order valence-corrected chi connectivity index (χ3v) is 3.61. The molecular weight excluding hydrogens is 253 g/mol. The van der Waals surface area contributed by atoms with Crippen molar-refractivity contribution < 1.29 is 13.2 Å². The van der Waals surface area contributed by atoms with Crippen LogP contribution in [-0.2, 0) is 12.7 Å². The van der Waals surface area contributed by atoms with Crippen LogP contribution in [0.1, 0.15) is 29.5 Å². The third kappa shape index (κ3) is 3.70. The number of benzene rings is 1. The van der Waals surface area contributed by atoms with Gasteiger partial charge in [-0.25, -0.2) is 0 Å². The van der Waals surface area contributed by atoms with Gasteiger partial charge in [0, 0.05) is 19.1 Å². The predicted molar refractivity (Wildman–Crippen MR) is 68.7 cm³/mol. The molecule has 2 nitrogen and oxygen atoms in total. The number of likely N-dealkylation sites (tertiary alicyclic amines) is 1. The molecule has 0 aliphatic carbocycles. The highest BCUT2D eigenvalue weighted by Crippen LogP contribution is 2.30. The molecule has 1 aromatic carbocycles. The molecule has 0 bridgehead atoms. The molecule has 1 fully saturated rings. The first-order chi connectivity index (χ1) is 8.86. The molecule has 0 saturated carbocycles. The van der Waals surface area contributed by atoms with Crippen molar-refractivity contribution in [2.45, 2.75) is 38.5 Å². The number of hydrogen-bond donors (Lipinski definition) is 1. The third-order valence-electron chi connectivity index (χ3n) is 3.61. The highest BCUT2D eigenvalue weighted by Gasteiger charge is 2.30. The summed E-state index contributed by atoms with van der Waals surface area (Å²) in [5.41, 5.74) is 6.96. The van der Waals surface area contributed by atoms with Crippen molar-refractivity contribution in [1.29, 1.82) is 0 Å². The van der Waals surface area contributed by atoms with Gasteiger partial charge in [0.1, 0.15) is 0 Å². The summed E-state index contributed by atoms with van der Waals surface area (Å²) < 4.78 is 37.7. The number of rotatable bonds is 2. The Kier molecular flexibility index (Phi) is 4.16. The maximum atomic E-state index is 12.6. The SMILES string of the molecule is Cc1cc(C(F)(F)F)ccc1CN1CCCC(N)C1. The van der Waals surface area contributed by atoms with Crippen LogP contribution >= 0.6 is 0 Å². The lowest BCUT2D eigenvalue weighted by atomic mass is 10.0. The molecule has 5 heteroatoms. The van der Waals surface area contributed by atoms with Gasteiger partial charge in [0.15, 0.2) is 0 Å². The van der Waals surface area contributed by atoms with Crippen LogP contribution in [-0.4, -0.2) is 24.0 Å². The zero-order valence-electron chi connectivity index (χ0n) is 11.0. The second kappa shape index (κ2) is 5.51. The summed E-state index contributed by atoms with van der Waals surface area (Å²) in [5, 5.41) is 0. The second-order valence-corrected chi connectivity index (χ2v) is 5.28. The molecule has 1 aliphatic heterocycles. The van der Waals surface area contributed by atoms with Crippen LogP contribution in [0.15, 0.2) is 18.2 Å². The summed E-state index contributed by atoms with van der Waals surface area (Å²) in [6.45, 7) is 4.20. The van der Waals surface area contributed by atoms with E-state index in [-0.39, 0.29) is 6.04 Å². The Morgan fingerprint density at radius 1 is 1.37 bits per heavy atom. The Morgan fingerprint density at radius 3 is 2.68 bits per heavy atom. The van der Waals surface area contributed by atoms with Crippen molar-refractivity contribution >= 4 is 0 Å². The minimum absolute atomic E-state index is 0.184. The van der Waals surface area contributed by atoms with Gasteiger partial charge in [-0.2, -0.15) is 13.2 Å². The van der Waals surface area contributed by atoms with Crippen LogP contribution in [0.3, 0.4) is 0 Å². The van der Waals surface area contributed by atoms with Gasteiger partial charge in [0.2, 0.25) is 0 Å². The number of aryl methyl sites for hydroxylation is 1. The van der Waals surface area contributed by atoms with Crippen LogP contribution < -0.4 is 5.73 Å². The highest BCUT2D eigenvalue weighted by molar-refractivity contribution is 5.32. The van der Waals surface area contributed by atoms with Gasteiger partial charge in [-0.05, 0) is 49.6 Å². The monoisotopic (exact) mass is 272 g/mol. The summed E-state index contributed by atoms with van der Waals surface area (Å²) in [6, 6.07) is 4.15. The van der Waals surface area contributed by atoms with Gasteiger partial charge in [-0.1, -0.05) is 6.07 Å². The quantitative estimate of drug-likeness (QED) is 0.897. The first kappa shape index (κ1) is 14.3. The van der Waals surface area contributed by atoms with E-state index in [0.29, 0.717) is 12.1 Å². The molecule has 1 saturated heterocycles. The smallest absolute Gasteiger partial charge is 0.327 e. The van der Waals surface area contributed by atoms with Crippen molar-refractivity contribution in [3.8, 4) is 0 Å². The van der Waals surface area contributed by atoms with Gasteiger partial charge in [-0.3, -0.25) is 4.90 Å². The molecule has 2 N–H and O–H groups in total. The van der Waals surface area contributed by atoms with Gasteiger partial charge in [-0.15, -0.1) is 0 Å². The molecular formula is C14H19F3N2. The number of halogens is 3. The zero-order chi connectivity index (χ0) is 14.0. The van der Waals surface area contributed by atoms with Gasteiger partial charge in [0.05, 0.1) is 5.56 Å². The molecule has 0 amide bonds. The van der Waals surface area contributed by atoms with Crippen molar-refractivity contribution in [3.63, 3.8) is 0 Å². The predicted octanol–water partition coefficient (Wildman–Crippen LogP) is 2.94. The average Bonchev–Trinajstić information content (AvgIpc) is 2.30. The Labute approximate surface area is 111 Å². The van der Waals surface area contributed by atoms with E-state index in [1.807, 2.05) is 0 Å². The topological polar surface area (TPSA) is 29.3 Å². The number of nitrogens with zero attached hydrogens (tertiary/aromatic N) is 1. The van der Waals surface area contributed by atoms with Crippen LogP contribution in [0.2, 0.25) is 0 Å². The molecule has 19 heavy (non-hydrogen) atoms. The highest BCUT2D eigenvalue weighted by atomic mass is 19.4. The summed E-state index contributed by atoms with van der Waals surface area (Å²) in [5.74, 6) is 0. The molecule has 0 aromatic heterocycles. The van der Waals surface area contributed by atoms with Gasteiger partial charge in [0.25, 0.3) is 0 Å². The van der Waals surface area contributed by atoms with E-state index >= 15 is 0 Å². The minimum atomic E-state index is -4.27. The molecule has 1 heterocycles. The fourth-order valence-corrected chi connectivity index (χ4v) is 2.53. The normalized spacial score (nSPS) is 21.6. The van der Waals surface area contributed by atoms with Crippen LogP contribution in [0.5, 0.6) is 0 Å². The first-order valence-electron chi connectivity index (χ1n) is 6.51. The van der Waals surface area contributed by atoms with Crippen molar-refractivity contribution in [2.24, 2.45) is 5.73 Å². The number of nitrogens with two attached hydrogens (primary N) is 1. The van der Waals surface area contributed by atoms with E-state index in [1.165, 1.54) is 6.07 Å². The average molecular weight is 272 g/mol. The molecule has 0 radical (unpaired) electrons. The molecule has 1 unspecified atom stereocenters. The molecule has 1 aromatic rings. The van der Waals surface area contributed by atoms with E-state index in [9.17, 15) is 13.2 Å². The van der Waals surface area contributed by atoms with E-state index in [4.69, 9.17) is 5.73 Å². The van der Waals surface area contributed by atoms with Crippen LogP contribution in [0.25, 0.3) is 0 Å². The Hall–Kier alpha value is -1.07. The first-order valence-corrected chi connectivity index (χ1v) is 6.51. The lowest BCUT2D eigenvalue weighted by Gasteiger charge is -2.31. The summed E-state index contributed by atoms with van der Waals surface area (Å²) in [6.07, 6.45) is -2.18. The van der Waals surface area contributed by atoms with Crippen molar-refractivity contribution in [3.05, 3.63) is 34.9 Å². The Morgan fingerprint density at radius 2 is 2.11 bits per heavy atom. The van der Waals surface area contributed by atoms with E-state index in [2.05, 4.69) is 4.90 Å². The standard InChI is InChI=1S/C14H19F3N2/c1-10-7-12(14(15,16)17)5-4-11(10)8-19-6-2-3-13(18)9-19/h4-5,7,13H,2-3,6,8-9,18H2,1H3. The van der Waals surface area contributed by atoms with E-state index in [1.54, 1.807) is 13.0 Å². The maximum Gasteiger partial charge on any atom is 0.416 e. The molecule has 106 valence electrons. The summed E-state index contributed by atoms with van der Waals surface area (Å²) in [4.78, 5) is 2.21. The lowest BCUT2D eigenvalue weighted by Crippen LogP contribution is -2.42. The summed E-state index contributed by atoms with van der Waals surface area (Å²) >= 11 is 0. The van der Waals surface area contributed by atoms with Crippen LogP contribution in [0, 0.1) is 6.92 Å². The largest absolute Gasteiger partial charge is 0.416 e. The molecule has 2 rings (SSSR count). The molecule has 0 spiro atoms. The lowest BCUT2D eigenvalue weighted by molar-refractivity contribution is -0.137. The van der Waals surface area contributed by atoms with Gasteiger partial charge < -0.3 is 5.73 Å². The van der Waals surface area contributed by atoms with Crippen molar-refractivity contribution in [1.82, 2.24) is 4.90 Å². The fourth-order valence-electron chi connectivity index (χ4n) is 2.53. The number of alkyl halides is 3. The van der Waals surface area contributed by atoms with Gasteiger partial charge >= 0.3 is 6.18 Å². The maximum absolute atomic E-state index is 12.6. The zero-order valence-corrected chi connectivity index (χ0v) is 11.0. The molecule has 1 atom stereocenters. The minimum Gasteiger partial charge on any atom is -0.327 e. The molecule has 1 aliphatic rings. The van der Waals surface area contributed by atoms with Crippen LogP contribution in [0.4, 0.5) is 13.2 Å². The number of piperidine rings is 1. The second-order valence-electron chi connectivity index (χ2n) is 5.28. The summed E-state index contributed by atoms with van der Waals surface area (Å²) in [7, 11) is 0. The Balaban J connectivity index is 2.09. The van der Waals surface area contributed by atoms with E-state index < -0.39 is 11.7 Å². The number of hydrogen-bond acceptors (Lipinski definition) is 2. The fraction of sp³-hybridized carbons (Fsp3) is 0.571. The van der Waals surface area contributed by atoms with E-state index in [0.717, 1.165) is 37.6 Å².